The number of benzene rings is 1. The van der Waals surface area contributed by atoms with Crippen molar-refractivity contribution in [2.24, 2.45) is 0 Å². The lowest BCUT2D eigenvalue weighted by atomic mass is 10.1. The van der Waals surface area contributed by atoms with E-state index in [0.717, 1.165) is 22.3 Å². The third kappa shape index (κ3) is 2.99. The van der Waals surface area contributed by atoms with Crippen molar-refractivity contribution in [3.8, 4) is 0 Å². The predicted molar refractivity (Wildman–Crippen MR) is 76.9 cm³/mol. The van der Waals surface area contributed by atoms with Crippen molar-refractivity contribution in [2.45, 2.75) is 31.6 Å². The van der Waals surface area contributed by atoms with Crippen LogP contribution < -0.4 is 4.73 Å². The molecule has 0 atom stereocenters. The van der Waals surface area contributed by atoms with Gasteiger partial charge in [0.25, 0.3) is 0 Å². The second-order valence-electron chi connectivity index (χ2n) is 5.06. The first kappa shape index (κ1) is 14.5. The van der Waals surface area contributed by atoms with E-state index in [1.54, 1.807) is 13.0 Å². The van der Waals surface area contributed by atoms with Crippen LogP contribution in [-0.2, 0) is 15.6 Å². The molecule has 0 amide bonds. The average Bonchev–Trinajstić information content (AvgIpc) is 2.33. The van der Waals surface area contributed by atoms with Crippen molar-refractivity contribution in [3.05, 3.63) is 64.0 Å². The first-order valence-electron chi connectivity index (χ1n) is 6.28. The highest BCUT2D eigenvalue weighted by Gasteiger charge is 2.24. The Morgan fingerprint density at radius 2 is 1.70 bits per heavy atom. The van der Waals surface area contributed by atoms with Gasteiger partial charge in [0.15, 0.2) is 6.20 Å². The number of sulfone groups is 1. The van der Waals surface area contributed by atoms with E-state index in [1.165, 1.54) is 12.3 Å². The largest absolute Gasteiger partial charge is 0.618 e. The minimum atomic E-state index is -3.65. The van der Waals surface area contributed by atoms with Crippen molar-refractivity contribution < 1.29 is 13.1 Å². The fourth-order valence-electron chi connectivity index (χ4n) is 2.04. The molecule has 0 N–H and O–H groups in total. The lowest BCUT2D eigenvalue weighted by Crippen LogP contribution is -2.34. The highest BCUT2D eigenvalue weighted by molar-refractivity contribution is 7.90. The van der Waals surface area contributed by atoms with E-state index in [-0.39, 0.29) is 10.8 Å². The van der Waals surface area contributed by atoms with Crippen molar-refractivity contribution in [3.63, 3.8) is 0 Å². The molecule has 0 aliphatic rings. The lowest BCUT2D eigenvalue weighted by Gasteiger charge is -2.09. The maximum absolute atomic E-state index is 12.4. The zero-order valence-corrected chi connectivity index (χ0v) is 12.6. The summed E-state index contributed by atoms with van der Waals surface area (Å²) in [5, 5.41) is 11.6. The van der Waals surface area contributed by atoms with Crippen LogP contribution in [0.25, 0.3) is 0 Å². The number of nitrogens with zero attached hydrogens (tertiary/aromatic N) is 1. The van der Waals surface area contributed by atoms with Gasteiger partial charge >= 0.3 is 5.03 Å². The Balaban J connectivity index is 2.43. The Hall–Kier alpha value is -1.88. The number of rotatable bonds is 3. The number of hydrogen-bond donors (Lipinski definition) is 0. The molecule has 2 aromatic rings. The SMILES string of the molecule is Cc1ccc(C)c(CS(=O)(=O)c2ccc(C)c[n+]2[O-])c1. The van der Waals surface area contributed by atoms with Gasteiger partial charge in [0, 0.05) is 11.6 Å². The van der Waals surface area contributed by atoms with E-state index >= 15 is 0 Å². The standard InChI is InChI=1S/C15H17NO3S/c1-11-4-6-13(3)14(8-11)10-20(18,19)15-7-5-12(2)9-16(15)17/h4-9H,10H2,1-3H3. The van der Waals surface area contributed by atoms with E-state index in [9.17, 15) is 13.6 Å². The fraction of sp³-hybridized carbons (Fsp3) is 0.267. The van der Waals surface area contributed by atoms with E-state index in [0.29, 0.717) is 4.73 Å². The highest BCUT2D eigenvalue weighted by Crippen LogP contribution is 2.18. The molecule has 1 aromatic heterocycles. The van der Waals surface area contributed by atoms with Gasteiger partial charge in [0.05, 0.1) is 5.75 Å². The summed E-state index contributed by atoms with van der Waals surface area (Å²) in [6, 6.07) is 8.66. The van der Waals surface area contributed by atoms with Crippen molar-refractivity contribution >= 4 is 9.84 Å². The van der Waals surface area contributed by atoms with Crippen LogP contribution in [0, 0.1) is 26.0 Å². The summed E-state index contributed by atoms with van der Waals surface area (Å²) < 4.78 is 25.2. The summed E-state index contributed by atoms with van der Waals surface area (Å²) in [5.74, 6) is -0.161. The zero-order chi connectivity index (χ0) is 14.9. The minimum Gasteiger partial charge on any atom is -0.618 e. The van der Waals surface area contributed by atoms with Gasteiger partial charge in [-0.05, 0) is 38.0 Å². The topological polar surface area (TPSA) is 61.1 Å². The van der Waals surface area contributed by atoms with Crippen LogP contribution in [0.4, 0.5) is 0 Å². The summed E-state index contributed by atoms with van der Waals surface area (Å²) in [6.45, 7) is 5.52. The van der Waals surface area contributed by atoms with Crippen molar-refractivity contribution in [1.82, 2.24) is 0 Å². The molecule has 20 heavy (non-hydrogen) atoms. The predicted octanol–water partition coefficient (Wildman–Crippen LogP) is 2.22. The van der Waals surface area contributed by atoms with Crippen molar-refractivity contribution in [2.75, 3.05) is 0 Å². The lowest BCUT2D eigenvalue weighted by molar-refractivity contribution is -0.647. The molecule has 0 bridgehead atoms. The fourth-order valence-corrected chi connectivity index (χ4v) is 3.51. The van der Waals surface area contributed by atoms with Crippen LogP contribution in [0.3, 0.4) is 0 Å². The van der Waals surface area contributed by atoms with Crippen LogP contribution in [-0.4, -0.2) is 8.42 Å². The van der Waals surface area contributed by atoms with Gasteiger partial charge in [-0.15, -0.1) is 0 Å². The van der Waals surface area contributed by atoms with Gasteiger partial charge in [0.1, 0.15) is 0 Å². The van der Waals surface area contributed by atoms with E-state index < -0.39 is 9.84 Å². The molecule has 0 radical (unpaired) electrons. The normalized spacial score (nSPS) is 11.6. The Labute approximate surface area is 119 Å². The van der Waals surface area contributed by atoms with Gasteiger partial charge in [-0.3, -0.25) is 0 Å². The molecule has 1 heterocycles. The van der Waals surface area contributed by atoms with E-state index in [1.807, 2.05) is 32.0 Å². The summed E-state index contributed by atoms with van der Waals surface area (Å²) in [7, 11) is -3.65. The Bertz CT molecular complexity index is 752. The first-order valence-corrected chi connectivity index (χ1v) is 7.93. The van der Waals surface area contributed by atoms with Gasteiger partial charge in [-0.2, -0.15) is 4.73 Å². The van der Waals surface area contributed by atoms with Gasteiger partial charge in [-0.25, -0.2) is 8.42 Å². The molecule has 0 fully saturated rings. The summed E-state index contributed by atoms with van der Waals surface area (Å²) in [6.07, 6.45) is 1.27. The molecule has 0 spiro atoms. The van der Waals surface area contributed by atoms with Gasteiger partial charge < -0.3 is 5.21 Å². The van der Waals surface area contributed by atoms with Crippen LogP contribution in [0.2, 0.25) is 0 Å². The summed E-state index contributed by atoms with van der Waals surface area (Å²) in [4.78, 5) is 0. The molecular formula is C15H17NO3S. The number of pyridine rings is 1. The van der Waals surface area contributed by atoms with E-state index in [4.69, 9.17) is 0 Å². The summed E-state index contributed by atoms with van der Waals surface area (Å²) >= 11 is 0. The second-order valence-corrected chi connectivity index (χ2v) is 7.00. The molecule has 5 heteroatoms. The second kappa shape index (κ2) is 5.25. The average molecular weight is 291 g/mol. The maximum Gasteiger partial charge on any atom is 0.308 e. The van der Waals surface area contributed by atoms with E-state index in [2.05, 4.69) is 0 Å². The highest BCUT2D eigenvalue weighted by atomic mass is 32.2. The maximum atomic E-state index is 12.4. The quantitative estimate of drug-likeness (QED) is 0.643. The smallest absolute Gasteiger partial charge is 0.308 e. The number of aryl methyl sites for hydroxylation is 3. The molecule has 4 nitrogen and oxygen atoms in total. The first-order chi connectivity index (χ1) is 9.29. The minimum absolute atomic E-state index is 0.161. The zero-order valence-electron chi connectivity index (χ0n) is 11.8. The van der Waals surface area contributed by atoms with Crippen LogP contribution in [0.5, 0.6) is 0 Å². The molecular weight excluding hydrogens is 274 g/mol. The summed E-state index contributed by atoms with van der Waals surface area (Å²) in [5.41, 5.74) is 3.36. The molecule has 0 saturated heterocycles. The molecule has 0 aliphatic carbocycles. The Kier molecular flexibility index (Phi) is 3.81. The number of hydrogen-bond acceptors (Lipinski definition) is 3. The third-order valence-corrected chi connectivity index (χ3v) is 4.84. The monoisotopic (exact) mass is 291 g/mol. The van der Waals surface area contributed by atoms with Crippen LogP contribution >= 0.6 is 0 Å². The van der Waals surface area contributed by atoms with Crippen molar-refractivity contribution in [1.29, 1.82) is 0 Å². The third-order valence-electron chi connectivity index (χ3n) is 3.20. The Morgan fingerprint density at radius 3 is 2.35 bits per heavy atom. The number of aromatic nitrogens is 1. The van der Waals surface area contributed by atoms with Gasteiger partial charge in [-0.1, -0.05) is 23.8 Å². The molecule has 0 saturated carbocycles. The molecule has 106 valence electrons. The molecule has 0 unspecified atom stereocenters. The molecule has 1 aromatic carbocycles. The molecule has 0 aliphatic heterocycles. The molecule has 2 rings (SSSR count). The van der Waals surface area contributed by atoms with Gasteiger partial charge in [0.2, 0.25) is 9.84 Å². The van der Waals surface area contributed by atoms with Crippen LogP contribution in [0.15, 0.2) is 41.6 Å². The Morgan fingerprint density at radius 1 is 1.05 bits per heavy atom. The van der Waals surface area contributed by atoms with Crippen LogP contribution in [0.1, 0.15) is 22.3 Å².